The molecule has 1 saturated heterocycles. The Morgan fingerprint density at radius 1 is 1.12 bits per heavy atom. The van der Waals surface area contributed by atoms with E-state index in [9.17, 15) is 0 Å². The normalized spacial score (nSPS) is 18.5. The fraction of sp³-hybridized carbons (Fsp3) is 0.364. The van der Waals surface area contributed by atoms with Gasteiger partial charge in [-0.15, -0.1) is 0 Å². The van der Waals surface area contributed by atoms with Crippen LogP contribution in [0.2, 0.25) is 0 Å². The lowest BCUT2D eigenvalue weighted by molar-refractivity contribution is 0.140. The van der Waals surface area contributed by atoms with Gasteiger partial charge < -0.3 is 4.98 Å². The summed E-state index contributed by atoms with van der Waals surface area (Å²) in [6.07, 6.45) is 5.89. The summed E-state index contributed by atoms with van der Waals surface area (Å²) in [7, 11) is 0. The van der Waals surface area contributed by atoms with Crippen LogP contribution >= 0.6 is 11.9 Å². The number of benzene rings is 2. The number of fused-ring (bicyclic) bond motifs is 1. The zero-order valence-electron chi connectivity index (χ0n) is 15.6. The van der Waals surface area contributed by atoms with Gasteiger partial charge in [-0.2, -0.15) is 0 Å². The summed E-state index contributed by atoms with van der Waals surface area (Å²) < 4.78 is 0. The van der Waals surface area contributed by atoms with Crippen LogP contribution in [-0.2, 0) is 6.54 Å². The number of likely N-dealkylation sites (tertiary alicyclic amines) is 1. The van der Waals surface area contributed by atoms with Crippen molar-refractivity contribution in [2.45, 2.75) is 50.6 Å². The largest absolute Gasteiger partial charge is 0.361 e. The van der Waals surface area contributed by atoms with Gasteiger partial charge in [-0.25, -0.2) is 0 Å². The number of nitrogens with one attached hydrogen (secondary N) is 1. The number of aryl methyl sites for hydroxylation is 2. The quantitative estimate of drug-likeness (QED) is 0.602. The van der Waals surface area contributed by atoms with Crippen LogP contribution in [0.5, 0.6) is 0 Å². The number of hydrogen-bond donors (Lipinski definition) is 2. The van der Waals surface area contributed by atoms with Crippen LogP contribution in [0.1, 0.15) is 47.6 Å². The maximum absolute atomic E-state index is 5.68. The van der Waals surface area contributed by atoms with E-state index < -0.39 is 0 Å². The number of hydrogen-bond acceptors (Lipinski definition) is 3. The van der Waals surface area contributed by atoms with E-state index in [1.807, 2.05) is 0 Å². The van der Waals surface area contributed by atoms with Gasteiger partial charge in [0.05, 0.1) is 0 Å². The highest BCUT2D eigenvalue weighted by Gasteiger charge is 2.25. The van der Waals surface area contributed by atoms with E-state index in [4.69, 9.17) is 5.14 Å². The molecule has 0 aliphatic carbocycles. The number of H-pyrrole nitrogens is 1. The predicted octanol–water partition coefficient (Wildman–Crippen LogP) is 5.48. The molecule has 3 N–H and O–H groups in total. The average molecular weight is 366 g/mol. The van der Waals surface area contributed by atoms with E-state index in [0.717, 1.165) is 18.0 Å². The van der Waals surface area contributed by atoms with Crippen molar-refractivity contribution < 1.29 is 0 Å². The molecule has 0 bridgehead atoms. The first-order chi connectivity index (χ1) is 12.7. The Morgan fingerprint density at radius 3 is 2.69 bits per heavy atom. The molecule has 136 valence electrons. The van der Waals surface area contributed by atoms with E-state index in [1.165, 1.54) is 64.4 Å². The van der Waals surface area contributed by atoms with Crippen molar-refractivity contribution in [1.82, 2.24) is 9.88 Å². The number of aromatic nitrogens is 1. The van der Waals surface area contributed by atoms with Gasteiger partial charge in [0, 0.05) is 34.6 Å². The van der Waals surface area contributed by atoms with Crippen LogP contribution in [0, 0.1) is 13.8 Å². The topological polar surface area (TPSA) is 45.0 Å². The molecular formula is C22H27N3S. The van der Waals surface area contributed by atoms with Crippen molar-refractivity contribution in [2.75, 3.05) is 6.54 Å². The standard InChI is InChI=1S/C22H27N3S/c1-15-13-16(2)22-19(10-11-24-22)20(15)14-25-12-4-3-5-21(25)17-6-8-18(26-23)9-7-17/h6-11,13,21,24H,3-5,12,14,23H2,1-2H3. The van der Waals surface area contributed by atoms with Gasteiger partial charge in [0.15, 0.2) is 0 Å². The molecule has 3 nitrogen and oxygen atoms in total. The van der Waals surface area contributed by atoms with E-state index in [2.05, 4.69) is 66.3 Å². The zero-order valence-corrected chi connectivity index (χ0v) is 16.4. The Hall–Kier alpha value is -1.75. The summed E-state index contributed by atoms with van der Waals surface area (Å²) in [5, 5.41) is 7.06. The minimum atomic E-state index is 0.496. The third-order valence-electron chi connectivity index (χ3n) is 5.75. The molecule has 1 aliphatic heterocycles. The molecule has 1 unspecified atom stereocenters. The highest BCUT2D eigenvalue weighted by molar-refractivity contribution is 7.97. The van der Waals surface area contributed by atoms with Crippen molar-refractivity contribution in [3.8, 4) is 0 Å². The van der Waals surface area contributed by atoms with E-state index in [0.29, 0.717) is 6.04 Å². The highest BCUT2D eigenvalue weighted by atomic mass is 32.2. The molecule has 2 aromatic carbocycles. The van der Waals surface area contributed by atoms with Crippen LogP contribution < -0.4 is 5.14 Å². The summed E-state index contributed by atoms with van der Waals surface area (Å²) >= 11 is 1.32. The second-order valence-electron chi connectivity index (χ2n) is 7.42. The van der Waals surface area contributed by atoms with Crippen molar-refractivity contribution in [3.05, 3.63) is 64.8 Å². The van der Waals surface area contributed by atoms with Crippen molar-refractivity contribution in [3.63, 3.8) is 0 Å². The third kappa shape index (κ3) is 3.29. The first-order valence-corrected chi connectivity index (χ1v) is 10.3. The lowest BCUT2D eigenvalue weighted by Gasteiger charge is -2.36. The van der Waals surface area contributed by atoms with E-state index in [1.54, 1.807) is 0 Å². The van der Waals surface area contributed by atoms with Crippen LogP contribution in [0.15, 0.2) is 47.5 Å². The van der Waals surface area contributed by atoms with Gasteiger partial charge in [-0.1, -0.05) is 24.6 Å². The molecule has 3 aromatic rings. The predicted molar refractivity (Wildman–Crippen MR) is 111 cm³/mol. The zero-order chi connectivity index (χ0) is 18.1. The molecule has 1 aliphatic rings. The van der Waals surface area contributed by atoms with Gasteiger partial charge in [0.2, 0.25) is 0 Å². The van der Waals surface area contributed by atoms with Crippen LogP contribution in [0.3, 0.4) is 0 Å². The SMILES string of the molecule is Cc1cc(C)c2[nH]ccc2c1CN1CCCCC1c1ccc(SN)cc1. The molecule has 0 saturated carbocycles. The smallest absolute Gasteiger partial charge is 0.0487 e. The summed E-state index contributed by atoms with van der Waals surface area (Å²) in [4.78, 5) is 7.21. The Morgan fingerprint density at radius 2 is 1.92 bits per heavy atom. The number of nitrogens with zero attached hydrogens (tertiary/aromatic N) is 1. The van der Waals surface area contributed by atoms with Crippen molar-refractivity contribution in [2.24, 2.45) is 5.14 Å². The first kappa shape index (κ1) is 17.7. The van der Waals surface area contributed by atoms with Gasteiger partial charge in [0.1, 0.15) is 0 Å². The second kappa shape index (κ2) is 7.47. The van der Waals surface area contributed by atoms with Crippen LogP contribution in [-0.4, -0.2) is 16.4 Å². The number of rotatable bonds is 4. The molecular weight excluding hydrogens is 338 g/mol. The molecule has 4 heteroatoms. The highest BCUT2D eigenvalue weighted by Crippen LogP contribution is 2.35. The Labute approximate surface area is 160 Å². The van der Waals surface area contributed by atoms with E-state index >= 15 is 0 Å². The lowest BCUT2D eigenvalue weighted by atomic mass is 9.93. The van der Waals surface area contributed by atoms with Gasteiger partial charge in [-0.05, 0) is 85.6 Å². The first-order valence-electron chi connectivity index (χ1n) is 9.44. The maximum atomic E-state index is 5.68. The van der Waals surface area contributed by atoms with Crippen LogP contribution in [0.25, 0.3) is 10.9 Å². The van der Waals surface area contributed by atoms with Crippen molar-refractivity contribution >= 4 is 22.9 Å². The van der Waals surface area contributed by atoms with Gasteiger partial charge in [0.25, 0.3) is 0 Å². The fourth-order valence-electron chi connectivity index (χ4n) is 4.38. The maximum Gasteiger partial charge on any atom is 0.0487 e. The third-order valence-corrected chi connectivity index (χ3v) is 6.30. The molecule has 0 radical (unpaired) electrons. The number of aromatic amines is 1. The minimum Gasteiger partial charge on any atom is -0.361 e. The molecule has 26 heavy (non-hydrogen) atoms. The average Bonchev–Trinajstić information content (AvgIpc) is 3.16. The van der Waals surface area contributed by atoms with E-state index in [-0.39, 0.29) is 0 Å². The molecule has 0 spiro atoms. The molecule has 1 aromatic heterocycles. The molecule has 4 rings (SSSR count). The van der Waals surface area contributed by atoms with Gasteiger partial charge >= 0.3 is 0 Å². The second-order valence-corrected chi connectivity index (χ2v) is 8.13. The lowest BCUT2D eigenvalue weighted by Crippen LogP contribution is -2.33. The van der Waals surface area contributed by atoms with Gasteiger partial charge in [-0.3, -0.25) is 10.0 Å². The fourth-order valence-corrected chi connectivity index (χ4v) is 4.68. The molecule has 1 fully saturated rings. The van der Waals surface area contributed by atoms with Crippen molar-refractivity contribution in [1.29, 1.82) is 0 Å². The summed E-state index contributed by atoms with van der Waals surface area (Å²) in [5.41, 5.74) is 6.89. The Kier molecular flexibility index (Phi) is 5.07. The van der Waals surface area contributed by atoms with Crippen LogP contribution in [0.4, 0.5) is 0 Å². The minimum absolute atomic E-state index is 0.496. The Bertz CT molecular complexity index is 898. The monoisotopic (exact) mass is 365 g/mol. The molecule has 1 atom stereocenters. The Balaban J connectivity index is 1.66. The number of nitrogens with two attached hydrogens (primary N) is 1. The summed E-state index contributed by atoms with van der Waals surface area (Å²) in [5.74, 6) is 0. The molecule has 0 amide bonds. The molecule has 2 heterocycles. The number of piperidine rings is 1. The summed E-state index contributed by atoms with van der Waals surface area (Å²) in [6, 6.07) is 13.9. The summed E-state index contributed by atoms with van der Waals surface area (Å²) in [6.45, 7) is 6.62.